The lowest BCUT2D eigenvalue weighted by Crippen LogP contribution is -2.08. The molecule has 2 aromatic carbocycles. The van der Waals surface area contributed by atoms with E-state index in [0.29, 0.717) is 17.3 Å². The van der Waals surface area contributed by atoms with Crippen LogP contribution in [-0.2, 0) is 17.7 Å². The van der Waals surface area contributed by atoms with Gasteiger partial charge in [0.25, 0.3) is 0 Å². The summed E-state index contributed by atoms with van der Waals surface area (Å²) < 4.78 is 7.02. The first-order chi connectivity index (χ1) is 15.4. The van der Waals surface area contributed by atoms with Crippen molar-refractivity contribution in [2.24, 2.45) is 0 Å². The van der Waals surface area contributed by atoms with Gasteiger partial charge in [-0.15, -0.1) is 0 Å². The van der Waals surface area contributed by atoms with Crippen LogP contribution in [0.4, 0.5) is 0 Å². The number of aliphatic hydroxyl groups excluding tert-OH is 1. The molecular weight excluding hydrogens is 424 g/mol. The first kappa shape index (κ1) is 23.8. The Labute approximate surface area is 194 Å². The van der Waals surface area contributed by atoms with Crippen molar-refractivity contribution in [3.05, 3.63) is 82.4 Å². The normalized spacial score (nSPS) is 12.3. The van der Waals surface area contributed by atoms with Crippen molar-refractivity contribution < 1.29 is 14.6 Å². The van der Waals surface area contributed by atoms with Crippen LogP contribution >= 0.6 is 11.6 Å². The van der Waals surface area contributed by atoms with E-state index in [4.69, 9.17) is 16.3 Å². The van der Waals surface area contributed by atoms with Crippen molar-refractivity contribution in [3.8, 4) is 11.1 Å². The summed E-state index contributed by atoms with van der Waals surface area (Å²) in [6.45, 7) is 4.46. The maximum atomic E-state index is 12.1. The lowest BCUT2D eigenvalue weighted by Gasteiger charge is -2.12. The van der Waals surface area contributed by atoms with Gasteiger partial charge < -0.3 is 14.4 Å². The van der Waals surface area contributed by atoms with E-state index in [0.717, 1.165) is 47.5 Å². The average Bonchev–Trinajstić information content (AvgIpc) is 3.10. The van der Waals surface area contributed by atoms with Gasteiger partial charge in [-0.1, -0.05) is 73.5 Å². The Hall–Kier alpha value is -2.89. The van der Waals surface area contributed by atoms with Crippen molar-refractivity contribution >= 4 is 23.6 Å². The second kappa shape index (κ2) is 11.1. The second-order valence-corrected chi connectivity index (χ2v) is 8.09. The maximum absolute atomic E-state index is 12.1. The molecule has 32 heavy (non-hydrogen) atoms. The van der Waals surface area contributed by atoms with Gasteiger partial charge in [0.05, 0.1) is 24.5 Å². The molecule has 168 valence electrons. The van der Waals surface area contributed by atoms with Crippen LogP contribution in [0.5, 0.6) is 0 Å². The summed E-state index contributed by atoms with van der Waals surface area (Å²) in [6.07, 6.45) is 5.89. The highest BCUT2D eigenvalue weighted by Crippen LogP contribution is 2.26. The van der Waals surface area contributed by atoms with Crippen LogP contribution in [0.15, 0.2) is 54.6 Å². The number of carbonyl (C=O) groups is 1. The van der Waals surface area contributed by atoms with Gasteiger partial charge in [0.2, 0.25) is 0 Å². The van der Waals surface area contributed by atoms with Crippen LogP contribution in [0.25, 0.3) is 17.2 Å². The summed E-state index contributed by atoms with van der Waals surface area (Å²) in [5, 5.41) is 10.1. The van der Waals surface area contributed by atoms with Crippen molar-refractivity contribution in [1.82, 2.24) is 9.55 Å². The van der Waals surface area contributed by atoms with Gasteiger partial charge in [0, 0.05) is 13.0 Å². The predicted molar refractivity (Wildman–Crippen MR) is 129 cm³/mol. The number of benzene rings is 2. The molecular formula is C26H29ClN2O3. The molecule has 3 aromatic rings. The Morgan fingerprint density at radius 3 is 2.59 bits per heavy atom. The fraction of sp³-hybridized carbons (Fsp3) is 0.308. The van der Waals surface area contributed by atoms with Crippen LogP contribution in [0.2, 0.25) is 5.15 Å². The monoisotopic (exact) mass is 452 g/mol. The van der Waals surface area contributed by atoms with E-state index in [-0.39, 0.29) is 5.97 Å². The molecule has 1 heterocycles. The van der Waals surface area contributed by atoms with E-state index >= 15 is 0 Å². The number of esters is 1. The highest BCUT2D eigenvalue weighted by Gasteiger charge is 2.15. The minimum Gasteiger partial charge on any atom is -0.465 e. The number of imidazole rings is 1. The van der Waals surface area contributed by atoms with Crippen LogP contribution in [0.1, 0.15) is 54.1 Å². The molecule has 0 radical (unpaired) electrons. The van der Waals surface area contributed by atoms with Gasteiger partial charge >= 0.3 is 5.97 Å². The number of hydrogen-bond acceptors (Lipinski definition) is 4. The summed E-state index contributed by atoms with van der Waals surface area (Å²) in [4.78, 5) is 16.7. The Balaban J connectivity index is 1.92. The molecule has 1 N–H and O–H groups in total. The van der Waals surface area contributed by atoms with Gasteiger partial charge in [-0.25, -0.2) is 9.78 Å². The summed E-state index contributed by atoms with van der Waals surface area (Å²) in [6, 6.07) is 15.5. The molecule has 0 bridgehead atoms. The molecule has 0 spiro atoms. The molecule has 0 saturated heterocycles. The Morgan fingerprint density at radius 2 is 1.94 bits per heavy atom. The van der Waals surface area contributed by atoms with Crippen LogP contribution < -0.4 is 0 Å². The quantitative estimate of drug-likeness (QED) is 0.418. The van der Waals surface area contributed by atoms with Crippen molar-refractivity contribution in [3.63, 3.8) is 0 Å². The third kappa shape index (κ3) is 5.67. The Kier molecular flexibility index (Phi) is 8.26. The molecule has 3 rings (SSSR count). The summed E-state index contributed by atoms with van der Waals surface area (Å²) in [5.41, 5.74) is 4.19. The van der Waals surface area contributed by atoms with Gasteiger partial charge in [-0.05, 0) is 42.2 Å². The largest absolute Gasteiger partial charge is 0.465 e. The highest BCUT2D eigenvalue weighted by atomic mass is 35.5. The fourth-order valence-electron chi connectivity index (χ4n) is 3.57. The minimum atomic E-state index is -0.567. The van der Waals surface area contributed by atoms with Gasteiger partial charge in [-0.3, -0.25) is 0 Å². The number of aromatic nitrogens is 2. The van der Waals surface area contributed by atoms with E-state index in [2.05, 4.69) is 16.5 Å². The summed E-state index contributed by atoms with van der Waals surface area (Å²) in [5.74, 6) is 0.579. The zero-order valence-corrected chi connectivity index (χ0v) is 19.5. The SMILES string of the molecule is CCCCc1nc(Cl)c(/C=C/C(C)O)n1Cc1ccc(-c2ccccc2C(=O)OC)cc1. The van der Waals surface area contributed by atoms with E-state index < -0.39 is 6.10 Å². The predicted octanol–water partition coefficient (Wildman–Crippen LogP) is 5.78. The lowest BCUT2D eigenvalue weighted by molar-refractivity contribution is 0.0601. The van der Waals surface area contributed by atoms with Crippen LogP contribution in [0, 0.1) is 0 Å². The fourth-order valence-corrected chi connectivity index (χ4v) is 3.83. The number of ether oxygens (including phenoxy) is 1. The summed E-state index contributed by atoms with van der Waals surface area (Å²) in [7, 11) is 1.39. The van der Waals surface area contributed by atoms with Gasteiger partial charge in [-0.2, -0.15) is 0 Å². The first-order valence-electron chi connectivity index (χ1n) is 10.8. The lowest BCUT2D eigenvalue weighted by atomic mass is 9.98. The molecule has 0 aliphatic heterocycles. The number of halogens is 1. The second-order valence-electron chi connectivity index (χ2n) is 7.73. The first-order valence-corrected chi connectivity index (χ1v) is 11.2. The zero-order chi connectivity index (χ0) is 23.1. The average molecular weight is 453 g/mol. The number of aryl methyl sites for hydroxylation is 1. The van der Waals surface area contributed by atoms with Gasteiger partial charge in [0.15, 0.2) is 5.15 Å². The number of methoxy groups -OCH3 is 1. The van der Waals surface area contributed by atoms with E-state index in [1.54, 1.807) is 19.1 Å². The number of unbranched alkanes of at least 4 members (excludes halogenated alkanes) is 1. The third-order valence-electron chi connectivity index (χ3n) is 5.27. The minimum absolute atomic E-state index is 0.354. The van der Waals surface area contributed by atoms with Crippen LogP contribution in [-0.4, -0.2) is 33.8 Å². The van der Waals surface area contributed by atoms with E-state index in [1.807, 2.05) is 48.5 Å². The Morgan fingerprint density at radius 1 is 1.22 bits per heavy atom. The van der Waals surface area contributed by atoms with Crippen LogP contribution in [0.3, 0.4) is 0 Å². The van der Waals surface area contributed by atoms with E-state index in [9.17, 15) is 9.90 Å². The van der Waals surface area contributed by atoms with Crippen molar-refractivity contribution in [1.29, 1.82) is 0 Å². The number of hydrogen-bond donors (Lipinski definition) is 1. The maximum Gasteiger partial charge on any atom is 0.338 e. The van der Waals surface area contributed by atoms with Crippen molar-refractivity contribution in [2.75, 3.05) is 7.11 Å². The molecule has 5 nitrogen and oxygen atoms in total. The molecule has 0 saturated carbocycles. The third-order valence-corrected chi connectivity index (χ3v) is 5.54. The van der Waals surface area contributed by atoms with Crippen molar-refractivity contribution in [2.45, 2.75) is 45.8 Å². The standard InChI is InChI=1S/C26H29ClN2O3/c1-4-5-10-24-28-25(27)23(16-11-18(2)30)29(24)17-19-12-14-20(15-13-19)21-8-6-7-9-22(21)26(31)32-3/h6-9,11-16,18,30H,4-5,10,17H2,1-3H3/b16-11+. The number of aliphatic hydroxyl groups is 1. The topological polar surface area (TPSA) is 64.4 Å². The molecule has 0 aliphatic rings. The molecule has 0 amide bonds. The molecule has 1 aromatic heterocycles. The number of nitrogens with zero attached hydrogens (tertiary/aromatic N) is 2. The summed E-state index contributed by atoms with van der Waals surface area (Å²) >= 11 is 6.44. The molecule has 1 atom stereocenters. The molecule has 6 heteroatoms. The zero-order valence-electron chi connectivity index (χ0n) is 18.7. The number of rotatable bonds is 9. The van der Waals surface area contributed by atoms with Gasteiger partial charge in [0.1, 0.15) is 5.82 Å². The molecule has 1 unspecified atom stereocenters. The smallest absolute Gasteiger partial charge is 0.338 e. The van der Waals surface area contributed by atoms with E-state index in [1.165, 1.54) is 7.11 Å². The molecule has 0 fully saturated rings. The highest BCUT2D eigenvalue weighted by molar-refractivity contribution is 6.30. The number of carbonyl (C=O) groups excluding carboxylic acids is 1. The molecule has 0 aliphatic carbocycles. The Bertz CT molecular complexity index is 1080.